The lowest BCUT2D eigenvalue weighted by Gasteiger charge is -2.15. The second kappa shape index (κ2) is 3.26. The summed E-state index contributed by atoms with van der Waals surface area (Å²) in [5, 5.41) is 9.07. The molecule has 0 aromatic carbocycles. The monoisotopic (exact) mass is 200 g/mol. The molecule has 0 spiro atoms. The van der Waals surface area contributed by atoms with Gasteiger partial charge in [-0.25, -0.2) is 0 Å². The summed E-state index contributed by atoms with van der Waals surface area (Å²) in [6, 6.07) is 0. The summed E-state index contributed by atoms with van der Waals surface area (Å²) >= 11 is 0. The molecule has 0 amide bonds. The second-order valence-electron chi connectivity index (χ2n) is 4.02. The molecule has 0 aromatic rings. The molecule has 4 nitrogen and oxygen atoms in total. The Bertz CT molecular complexity index is 273. The number of carboxylic acid groups (broad SMARTS) is 1. The fourth-order valence-corrected chi connectivity index (χ4v) is 1.96. The first kappa shape index (κ1) is 11.0. The molecule has 1 aliphatic carbocycles. The van der Waals surface area contributed by atoms with E-state index in [1.165, 1.54) is 0 Å². The second-order valence-corrected chi connectivity index (χ2v) is 4.02. The molecule has 1 fully saturated rings. The van der Waals surface area contributed by atoms with E-state index in [1.54, 1.807) is 6.92 Å². The van der Waals surface area contributed by atoms with E-state index < -0.39 is 22.8 Å². The molecule has 0 saturated heterocycles. The highest BCUT2D eigenvalue weighted by Crippen LogP contribution is 2.66. The third-order valence-electron chi connectivity index (χ3n) is 3.33. The first-order chi connectivity index (χ1) is 6.44. The molecule has 1 saturated carbocycles. The number of carbonyl (C=O) groups is 2. The average Bonchev–Trinajstić information content (AvgIpc) is 2.75. The third kappa shape index (κ3) is 1.21. The van der Waals surface area contributed by atoms with Crippen LogP contribution in [-0.2, 0) is 14.3 Å². The molecule has 0 bridgehead atoms. The summed E-state index contributed by atoms with van der Waals surface area (Å²) in [4.78, 5) is 22.6. The van der Waals surface area contributed by atoms with Crippen LogP contribution in [0.4, 0.5) is 0 Å². The lowest BCUT2D eigenvalue weighted by molar-refractivity contribution is -0.163. The van der Waals surface area contributed by atoms with E-state index in [9.17, 15) is 9.59 Å². The molecular formula is C10H16O4. The fraction of sp³-hybridized carbons (Fsp3) is 0.800. The molecule has 0 radical (unpaired) electrons. The van der Waals surface area contributed by atoms with E-state index in [4.69, 9.17) is 9.84 Å². The van der Waals surface area contributed by atoms with Gasteiger partial charge in [-0.3, -0.25) is 9.59 Å². The predicted molar refractivity (Wildman–Crippen MR) is 49.7 cm³/mol. The van der Waals surface area contributed by atoms with Crippen molar-refractivity contribution in [3.63, 3.8) is 0 Å². The maximum Gasteiger partial charge on any atom is 0.324 e. The van der Waals surface area contributed by atoms with Crippen LogP contribution in [0.3, 0.4) is 0 Å². The maximum atomic E-state index is 11.5. The minimum atomic E-state index is -1.28. The first-order valence-electron chi connectivity index (χ1n) is 4.85. The van der Waals surface area contributed by atoms with Gasteiger partial charge in [-0.15, -0.1) is 0 Å². The van der Waals surface area contributed by atoms with E-state index >= 15 is 0 Å². The van der Waals surface area contributed by atoms with Gasteiger partial charge in [0.05, 0.1) is 6.61 Å². The third-order valence-corrected chi connectivity index (χ3v) is 3.33. The molecule has 0 aromatic heterocycles. The van der Waals surface area contributed by atoms with Gasteiger partial charge in [0.2, 0.25) is 0 Å². The molecular weight excluding hydrogens is 184 g/mol. The van der Waals surface area contributed by atoms with E-state index in [1.807, 2.05) is 13.8 Å². The highest BCUT2D eigenvalue weighted by molar-refractivity contribution is 6.04. The van der Waals surface area contributed by atoms with Crippen molar-refractivity contribution >= 4 is 11.9 Å². The fourth-order valence-electron chi connectivity index (χ4n) is 1.96. The first-order valence-corrected chi connectivity index (χ1v) is 4.85. The summed E-state index contributed by atoms with van der Waals surface area (Å²) in [5.74, 6) is -1.64. The Hall–Kier alpha value is -1.06. The molecule has 1 rings (SSSR count). The van der Waals surface area contributed by atoms with Gasteiger partial charge in [0.15, 0.2) is 5.41 Å². The van der Waals surface area contributed by atoms with Crippen molar-refractivity contribution in [3.8, 4) is 0 Å². The van der Waals surface area contributed by atoms with Crippen LogP contribution in [0.1, 0.15) is 33.6 Å². The molecule has 0 heterocycles. The number of hydrogen-bond donors (Lipinski definition) is 1. The van der Waals surface area contributed by atoms with Crippen LogP contribution >= 0.6 is 0 Å². The predicted octanol–water partition coefficient (Wildman–Crippen LogP) is 1.44. The van der Waals surface area contributed by atoms with Crippen molar-refractivity contribution in [2.24, 2.45) is 10.8 Å². The molecule has 1 N–H and O–H groups in total. The zero-order valence-corrected chi connectivity index (χ0v) is 8.79. The van der Waals surface area contributed by atoms with E-state index in [2.05, 4.69) is 0 Å². The zero-order valence-electron chi connectivity index (χ0n) is 8.79. The van der Waals surface area contributed by atoms with Crippen LogP contribution in [0.25, 0.3) is 0 Å². The van der Waals surface area contributed by atoms with Crippen LogP contribution in [0, 0.1) is 10.8 Å². The molecule has 4 heteroatoms. The number of carboxylic acids is 1. The molecule has 1 aliphatic rings. The van der Waals surface area contributed by atoms with Crippen LogP contribution in [0.5, 0.6) is 0 Å². The maximum absolute atomic E-state index is 11.5. The normalized spacial score (nSPS) is 35.1. The Morgan fingerprint density at radius 2 is 2.00 bits per heavy atom. The van der Waals surface area contributed by atoms with Gasteiger partial charge in [-0.05, 0) is 25.2 Å². The smallest absolute Gasteiger partial charge is 0.324 e. The van der Waals surface area contributed by atoms with Crippen molar-refractivity contribution in [3.05, 3.63) is 0 Å². The Morgan fingerprint density at radius 1 is 1.43 bits per heavy atom. The molecule has 14 heavy (non-hydrogen) atoms. The standard InChI is InChI=1S/C10H16O4/c1-4-9(3)6-10(9,7(11)12)8(13)14-5-2/h4-6H2,1-3H3,(H,11,12)/t9-,10-/m0/s1. The van der Waals surface area contributed by atoms with Crippen LogP contribution in [-0.4, -0.2) is 23.7 Å². The summed E-state index contributed by atoms with van der Waals surface area (Å²) in [6.45, 7) is 5.62. The van der Waals surface area contributed by atoms with Crippen LogP contribution in [0.15, 0.2) is 0 Å². The highest BCUT2D eigenvalue weighted by atomic mass is 16.5. The highest BCUT2D eigenvalue weighted by Gasteiger charge is 2.74. The summed E-state index contributed by atoms with van der Waals surface area (Å²) < 4.78 is 4.81. The largest absolute Gasteiger partial charge is 0.480 e. The van der Waals surface area contributed by atoms with E-state index in [0.717, 1.165) is 0 Å². The van der Waals surface area contributed by atoms with Crippen molar-refractivity contribution in [1.82, 2.24) is 0 Å². The number of rotatable bonds is 4. The van der Waals surface area contributed by atoms with Gasteiger partial charge in [0.25, 0.3) is 0 Å². The summed E-state index contributed by atoms with van der Waals surface area (Å²) in [7, 11) is 0. The number of esters is 1. The lowest BCUT2D eigenvalue weighted by atomic mass is 9.92. The van der Waals surface area contributed by atoms with Crippen molar-refractivity contribution < 1.29 is 19.4 Å². The van der Waals surface area contributed by atoms with E-state index in [0.29, 0.717) is 12.8 Å². The van der Waals surface area contributed by atoms with Gasteiger partial charge >= 0.3 is 11.9 Å². The Labute approximate surface area is 83.2 Å². The van der Waals surface area contributed by atoms with Gasteiger partial charge in [-0.1, -0.05) is 13.8 Å². The lowest BCUT2D eigenvalue weighted by Crippen LogP contribution is -2.32. The average molecular weight is 200 g/mol. The molecule has 2 atom stereocenters. The Balaban J connectivity index is 2.89. The quantitative estimate of drug-likeness (QED) is 0.551. The molecule has 0 aliphatic heterocycles. The zero-order chi connectivity index (χ0) is 11.0. The number of hydrogen-bond acceptors (Lipinski definition) is 3. The van der Waals surface area contributed by atoms with Crippen molar-refractivity contribution in [2.45, 2.75) is 33.6 Å². The number of aliphatic carboxylic acids is 1. The minimum absolute atomic E-state index is 0.230. The molecule has 0 unspecified atom stereocenters. The summed E-state index contributed by atoms with van der Waals surface area (Å²) in [5.41, 5.74) is -1.71. The summed E-state index contributed by atoms with van der Waals surface area (Å²) in [6.07, 6.45) is 1.07. The van der Waals surface area contributed by atoms with Gasteiger partial charge in [0.1, 0.15) is 0 Å². The Kier molecular flexibility index (Phi) is 2.56. The van der Waals surface area contributed by atoms with E-state index in [-0.39, 0.29) is 6.61 Å². The van der Waals surface area contributed by atoms with Crippen LogP contribution in [0.2, 0.25) is 0 Å². The number of carbonyl (C=O) groups excluding carboxylic acids is 1. The minimum Gasteiger partial charge on any atom is -0.480 e. The van der Waals surface area contributed by atoms with Gasteiger partial charge < -0.3 is 9.84 Å². The van der Waals surface area contributed by atoms with Gasteiger partial charge in [0, 0.05) is 0 Å². The van der Waals surface area contributed by atoms with Gasteiger partial charge in [-0.2, -0.15) is 0 Å². The van der Waals surface area contributed by atoms with Crippen molar-refractivity contribution in [1.29, 1.82) is 0 Å². The number of ether oxygens (including phenoxy) is 1. The molecule has 80 valence electrons. The Morgan fingerprint density at radius 3 is 2.29 bits per heavy atom. The van der Waals surface area contributed by atoms with Crippen molar-refractivity contribution in [2.75, 3.05) is 6.61 Å². The van der Waals surface area contributed by atoms with Crippen LogP contribution < -0.4 is 0 Å². The topological polar surface area (TPSA) is 63.6 Å². The SMILES string of the molecule is CCOC(=O)[C@@]1(C(=O)O)C[C@]1(C)CC.